The Balaban J connectivity index is 2.77. The lowest BCUT2D eigenvalue weighted by atomic mass is 10.3. The maximum atomic E-state index is 8.61. The molecule has 0 spiro atoms. The van der Waals surface area contributed by atoms with Gasteiger partial charge < -0.3 is 5.11 Å². The van der Waals surface area contributed by atoms with Crippen molar-refractivity contribution in [1.82, 2.24) is 0 Å². The first-order chi connectivity index (χ1) is 4.34. The van der Waals surface area contributed by atoms with Gasteiger partial charge in [0.25, 0.3) is 0 Å². The molecule has 0 bridgehead atoms. The molecule has 1 aromatic rings. The van der Waals surface area contributed by atoms with Gasteiger partial charge in [0.2, 0.25) is 0 Å². The Morgan fingerprint density at radius 1 is 1.78 bits per heavy atom. The van der Waals surface area contributed by atoms with Crippen molar-refractivity contribution < 1.29 is 5.11 Å². The van der Waals surface area contributed by atoms with Crippen LogP contribution >= 0.6 is 11.3 Å². The summed E-state index contributed by atoms with van der Waals surface area (Å²) < 4.78 is 0. The van der Waals surface area contributed by atoms with Gasteiger partial charge in [0, 0.05) is 4.88 Å². The van der Waals surface area contributed by atoms with Crippen LogP contribution in [0, 0.1) is 0 Å². The zero-order valence-electron chi connectivity index (χ0n) is 5.00. The average molecular weight is 140 g/mol. The molecular weight excluding hydrogens is 132 g/mol. The number of aliphatic hydroxyl groups is 1. The van der Waals surface area contributed by atoms with E-state index in [4.69, 9.17) is 5.11 Å². The molecule has 0 saturated carbocycles. The average Bonchev–Trinajstić information content (AvgIpc) is 2.37. The number of rotatable bonds is 2. The van der Waals surface area contributed by atoms with E-state index in [0.717, 1.165) is 10.5 Å². The van der Waals surface area contributed by atoms with Crippen LogP contribution in [-0.4, -0.2) is 11.7 Å². The van der Waals surface area contributed by atoms with E-state index < -0.39 is 0 Å². The predicted octanol–water partition coefficient (Wildman–Crippen LogP) is 1.75. The van der Waals surface area contributed by atoms with Crippen molar-refractivity contribution >= 4 is 16.9 Å². The molecule has 0 aliphatic heterocycles. The van der Waals surface area contributed by atoms with E-state index >= 15 is 0 Å². The summed E-state index contributed by atoms with van der Waals surface area (Å²) in [5.74, 6) is 0. The molecule has 1 aromatic heterocycles. The minimum absolute atomic E-state index is 0.0561. The largest absolute Gasteiger partial charge is 0.392 e. The first kappa shape index (κ1) is 6.52. The Kier molecular flexibility index (Phi) is 2.03. The van der Waals surface area contributed by atoms with Crippen LogP contribution in [0.4, 0.5) is 0 Å². The van der Waals surface area contributed by atoms with Crippen LogP contribution in [-0.2, 0) is 0 Å². The summed E-state index contributed by atoms with van der Waals surface area (Å²) in [6.07, 6.45) is 0. The quantitative estimate of drug-likeness (QED) is 0.663. The molecule has 1 rings (SSSR count). The maximum Gasteiger partial charge on any atom is 0.0689 e. The zero-order valence-corrected chi connectivity index (χ0v) is 5.82. The lowest BCUT2D eigenvalue weighted by molar-refractivity contribution is 0.351. The summed E-state index contributed by atoms with van der Waals surface area (Å²) in [6.45, 7) is 3.73. The van der Waals surface area contributed by atoms with Crippen molar-refractivity contribution in [2.24, 2.45) is 0 Å². The SMILES string of the molecule is C=C(CO)c1cccs1. The molecule has 48 valence electrons. The lowest BCUT2D eigenvalue weighted by Crippen LogP contribution is -1.82. The molecule has 0 aliphatic carbocycles. The highest BCUT2D eigenvalue weighted by atomic mass is 32.1. The van der Waals surface area contributed by atoms with Crippen LogP contribution in [0.3, 0.4) is 0 Å². The molecule has 1 N–H and O–H groups in total. The fourth-order valence-corrected chi connectivity index (χ4v) is 1.25. The molecule has 0 aliphatic rings. The van der Waals surface area contributed by atoms with Crippen LogP contribution in [0.25, 0.3) is 5.57 Å². The maximum absolute atomic E-state index is 8.61. The highest BCUT2D eigenvalue weighted by molar-refractivity contribution is 7.11. The number of thiophene rings is 1. The van der Waals surface area contributed by atoms with E-state index in [1.165, 1.54) is 0 Å². The molecule has 0 amide bonds. The zero-order chi connectivity index (χ0) is 6.69. The molecule has 1 nitrogen and oxygen atoms in total. The summed E-state index contributed by atoms with van der Waals surface area (Å²) in [6, 6.07) is 3.89. The first-order valence-corrected chi connectivity index (χ1v) is 3.55. The summed E-state index contributed by atoms with van der Waals surface area (Å²) in [5, 5.41) is 10.6. The Morgan fingerprint density at radius 2 is 2.56 bits per heavy atom. The van der Waals surface area contributed by atoms with Gasteiger partial charge in [-0.3, -0.25) is 0 Å². The van der Waals surface area contributed by atoms with Gasteiger partial charge in [-0.15, -0.1) is 11.3 Å². The van der Waals surface area contributed by atoms with E-state index in [-0.39, 0.29) is 6.61 Å². The van der Waals surface area contributed by atoms with Crippen molar-refractivity contribution in [2.45, 2.75) is 0 Å². The molecule has 0 aromatic carbocycles. The van der Waals surface area contributed by atoms with Gasteiger partial charge in [0.1, 0.15) is 0 Å². The van der Waals surface area contributed by atoms with Crippen LogP contribution in [0.15, 0.2) is 24.1 Å². The predicted molar refractivity (Wildman–Crippen MR) is 40.4 cm³/mol. The topological polar surface area (TPSA) is 20.2 Å². The van der Waals surface area contributed by atoms with Crippen molar-refractivity contribution in [3.63, 3.8) is 0 Å². The fraction of sp³-hybridized carbons (Fsp3) is 0.143. The lowest BCUT2D eigenvalue weighted by Gasteiger charge is -1.92. The van der Waals surface area contributed by atoms with Crippen LogP contribution in [0.1, 0.15) is 4.88 Å². The minimum Gasteiger partial charge on any atom is -0.392 e. The van der Waals surface area contributed by atoms with Crippen molar-refractivity contribution in [1.29, 1.82) is 0 Å². The molecule has 1 heterocycles. The molecule has 2 heteroatoms. The van der Waals surface area contributed by atoms with Crippen LogP contribution in [0.5, 0.6) is 0 Å². The van der Waals surface area contributed by atoms with Gasteiger partial charge >= 0.3 is 0 Å². The second-order valence-electron chi connectivity index (χ2n) is 1.74. The van der Waals surface area contributed by atoms with Crippen LogP contribution in [0.2, 0.25) is 0 Å². The molecule has 0 unspecified atom stereocenters. The Labute approximate surface area is 58.3 Å². The second-order valence-corrected chi connectivity index (χ2v) is 2.69. The van der Waals surface area contributed by atoms with E-state index in [1.54, 1.807) is 11.3 Å². The van der Waals surface area contributed by atoms with Gasteiger partial charge in [-0.2, -0.15) is 0 Å². The van der Waals surface area contributed by atoms with Gasteiger partial charge in [0.15, 0.2) is 0 Å². The molecule has 0 atom stereocenters. The molecule has 0 saturated heterocycles. The highest BCUT2D eigenvalue weighted by Gasteiger charge is 1.94. The highest BCUT2D eigenvalue weighted by Crippen LogP contribution is 2.16. The van der Waals surface area contributed by atoms with E-state index in [1.807, 2.05) is 17.5 Å². The first-order valence-electron chi connectivity index (χ1n) is 2.67. The molecule has 9 heavy (non-hydrogen) atoms. The third-order valence-corrected chi connectivity index (χ3v) is 2.03. The Hall–Kier alpha value is -0.600. The summed E-state index contributed by atoms with van der Waals surface area (Å²) >= 11 is 1.60. The summed E-state index contributed by atoms with van der Waals surface area (Å²) in [4.78, 5) is 1.07. The van der Waals surface area contributed by atoms with Crippen LogP contribution < -0.4 is 0 Å². The minimum atomic E-state index is 0.0561. The third-order valence-electron chi connectivity index (χ3n) is 1.06. The van der Waals surface area contributed by atoms with Gasteiger partial charge in [-0.1, -0.05) is 12.6 Å². The number of aliphatic hydroxyl groups excluding tert-OH is 1. The van der Waals surface area contributed by atoms with Gasteiger partial charge in [-0.05, 0) is 17.0 Å². The monoisotopic (exact) mass is 140 g/mol. The normalized spacial score (nSPS) is 9.44. The molecular formula is C7H8OS. The Bertz CT molecular complexity index is 189. The second kappa shape index (κ2) is 2.80. The smallest absolute Gasteiger partial charge is 0.0689 e. The van der Waals surface area contributed by atoms with Gasteiger partial charge in [0.05, 0.1) is 6.61 Å². The van der Waals surface area contributed by atoms with E-state index in [9.17, 15) is 0 Å². The van der Waals surface area contributed by atoms with E-state index in [0.29, 0.717) is 0 Å². The van der Waals surface area contributed by atoms with Gasteiger partial charge in [-0.25, -0.2) is 0 Å². The van der Waals surface area contributed by atoms with Crippen molar-refractivity contribution in [3.05, 3.63) is 29.0 Å². The number of hydrogen-bond donors (Lipinski definition) is 1. The number of hydrogen-bond acceptors (Lipinski definition) is 2. The van der Waals surface area contributed by atoms with E-state index in [2.05, 4.69) is 6.58 Å². The third kappa shape index (κ3) is 1.40. The summed E-state index contributed by atoms with van der Waals surface area (Å²) in [7, 11) is 0. The van der Waals surface area contributed by atoms with Crippen molar-refractivity contribution in [3.8, 4) is 0 Å². The molecule has 0 radical (unpaired) electrons. The fourth-order valence-electron chi connectivity index (χ4n) is 0.558. The molecule has 0 fully saturated rings. The Morgan fingerprint density at radius 3 is 3.00 bits per heavy atom. The standard InChI is InChI=1S/C7H8OS/c1-6(5-8)7-3-2-4-9-7/h2-4,8H,1,5H2. The van der Waals surface area contributed by atoms with Crippen molar-refractivity contribution in [2.75, 3.05) is 6.61 Å². The summed E-state index contributed by atoms with van der Waals surface area (Å²) in [5.41, 5.74) is 0.796.